The van der Waals surface area contributed by atoms with Crippen molar-refractivity contribution in [2.45, 2.75) is 72.5 Å². The number of hydrogen-bond acceptors (Lipinski definition) is 3. The van der Waals surface area contributed by atoms with Gasteiger partial charge < -0.3 is 9.16 Å². The van der Waals surface area contributed by atoms with Crippen molar-refractivity contribution in [2.24, 2.45) is 5.92 Å². The Kier molecular flexibility index (Phi) is 8.75. The molecule has 0 aliphatic heterocycles. The first-order chi connectivity index (χ1) is 10.0. The molecule has 128 valence electrons. The Morgan fingerprint density at radius 2 is 1.82 bits per heavy atom. The fraction of sp³-hybridized carbons (Fsp3) is 0.722. The molecule has 0 aromatic heterocycles. The molecule has 0 radical (unpaired) electrons. The van der Waals surface area contributed by atoms with Crippen molar-refractivity contribution in [3.8, 4) is 0 Å². The molecule has 1 atom stereocenters. The van der Waals surface area contributed by atoms with Gasteiger partial charge in [-0.15, -0.1) is 0 Å². The van der Waals surface area contributed by atoms with Gasteiger partial charge in [-0.05, 0) is 43.5 Å². The Balaban J connectivity index is 4.68. The van der Waals surface area contributed by atoms with Crippen LogP contribution in [0.1, 0.15) is 54.4 Å². The molecular weight excluding hydrogens is 292 g/mol. The lowest BCUT2D eigenvalue weighted by atomic mass is 10.1. The minimum Gasteiger partial charge on any atom is -0.547 e. The highest BCUT2D eigenvalue weighted by molar-refractivity contribution is 6.74. The second-order valence-corrected chi connectivity index (χ2v) is 11.9. The monoisotopic (exact) mass is 326 g/mol. The van der Waals surface area contributed by atoms with Gasteiger partial charge in [0.2, 0.25) is 8.32 Å². The normalized spacial score (nSPS) is 15.0. The molecule has 3 nitrogen and oxygen atoms in total. The van der Waals surface area contributed by atoms with Crippen LogP contribution in [-0.2, 0) is 14.0 Å². The van der Waals surface area contributed by atoms with E-state index in [9.17, 15) is 4.79 Å². The van der Waals surface area contributed by atoms with Gasteiger partial charge in [-0.3, -0.25) is 0 Å². The first-order valence-electron chi connectivity index (χ1n) is 8.26. The van der Waals surface area contributed by atoms with E-state index in [4.69, 9.17) is 9.16 Å². The summed E-state index contributed by atoms with van der Waals surface area (Å²) in [5.74, 6) is 1.14. The molecule has 22 heavy (non-hydrogen) atoms. The number of carbonyl (C=O) groups excluding carboxylic acids is 1. The average molecular weight is 327 g/mol. The molecule has 0 N–H and O–H groups in total. The molecule has 1 unspecified atom stereocenters. The number of rotatable bonds is 8. The van der Waals surface area contributed by atoms with E-state index in [1.165, 1.54) is 6.08 Å². The molecule has 0 heterocycles. The topological polar surface area (TPSA) is 35.5 Å². The van der Waals surface area contributed by atoms with Crippen molar-refractivity contribution < 1.29 is 14.0 Å². The van der Waals surface area contributed by atoms with E-state index in [-0.39, 0.29) is 11.0 Å². The second kappa shape index (κ2) is 9.18. The summed E-state index contributed by atoms with van der Waals surface area (Å²) >= 11 is 0. The maximum absolute atomic E-state index is 11.3. The number of hydrogen-bond donors (Lipinski definition) is 0. The van der Waals surface area contributed by atoms with Crippen molar-refractivity contribution in [2.75, 3.05) is 6.61 Å². The summed E-state index contributed by atoms with van der Waals surface area (Å²) in [4.78, 5) is 11.3. The molecule has 0 bridgehead atoms. The van der Waals surface area contributed by atoms with E-state index in [0.29, 0.717) is 12.5 Å². The standard InChI is InChI=1S/C18H34O3Si/c1-9-16(21-22(7,8)18(4,5)6)14-15(3)12-11-13-17(19)20-10-2/h11,13-15H,9-10,12H2,1-8H3/b13-11+,16-14+. The number of carbonyl (C=O) groups is 1. The van der Waals surface area contributed by atoms with Gasteiger partial charge in [0.1, 0.15) is 0 Å². The van der Waals surface area contributed by atoms with Crippen LogP contribution in [0.25, 0.3) is 0 Å². The fourth-order valence-electron chi connectivity index (χ4n) is 1.66. The quantitative estimate of drug-likeness (QED) is 0.257. The first kappa shape index (κ1) is 21.0. The van der Waals surface area contributed by atoms with Gasteiger partial charge in [0.25, 0.3) is 0 Å². The van der Waals surface area contributed by atoms with Crippen LogP contribution in [0.4, 0.5) is 0 Å². The summed E-state index contributed by atoms with van der Waals surface area (Å²) in [5, 5.41) is 0.203. The van der Waals surface area contributed by atoms with E-state index >= 15 is 0 Å². The average Bonchev–Trinajstić information content (AvgIpc) is 2.36. The van der Waals surface area contributed by atoms with E-state index < -0.39 is 8.32 Å². The van der Waals surface area contributed by atoms with Crippen LogP contribution in [-0.4, -0.2) is 20.9 Å². The third-order valence-electron chi connectivity index (χ3n) is 4.06. The molecule has 0 aromatic rings. The van der Waals surface area contributed by atoms with Crippen molar-refractivity contribution >= 4 is 14.3 Å². The van der Waals surface area contributed by atoms with Gasteiger partial charge in [0, 0.05) is 12.5 Å². The molecule has 0 aromatic carbocycles. The Morgan fingerprint density at radius 3 is 2.27 bits per heavy atom. The molecule has 0 fully saturated rings. The van der Waals surface area contributed by atoms with Crippen molar-refractivity contribution in [3.63, 3.8) is 0 Å². The highest BCUT2D eigenvalue weighted by Crippen LogP contribution is 2.38. The highest BCUT2D eigenvalue weighted by Gasteiger charge is 2.39. The minimum absolute atomic E-state index is 0.203. The van der Waals surface area contributed by atoms with Crippen molar-refractivity contribution in [1.82, 2.24) is 0 Å². The van der Waals surface area contributed by atoms with E-state index in [1.807, 2.05) is 13.0 Å². The van der Waals surface area contributed by atoms with Crippen LogP contribution >= 0.6 is 0 Å². The van der Waals surface area contributed by atoms with Crippen LogP contribution in [0.5, 0.6) is 0 Å². The number of ether oxygens (including phenoxy) is 1. The summed E-state index contributed by atoms with van der Waals surface area (Å²) in [6.07, 6.45) is 7.28. The lowest BCUT2D eigenvalue weighted by molar-refractivity contribution is -0.137. The molecule has 0 amide bonds. The summed E-state index contributed by atoms with van der Waals surface area (Å²) in [7, 11) is -1.78. The zero-order chi connectivity index (χ0) is 17.4. The van der Waals surface area contributed by atoms with Crippen LogP contribution in [0, 0.1) is 5.92 Å². The lowest BCUT2D eigenvalue weighted by Gasteiger charge is -2.37. The molecule has 0 spiro atoms. The third kappa shape index (κ3) is 7.83. The molecule has 4 heteroatoms. The predicted octanol–water partition coefficient (Wildman–Crippen LogP) is 5.45. The van der Waals surface area contributed by atoms with Gasteiger partial charge in [0.05, 0.1) is 12.4 Å². The lowest BCUT2D eigenvalue weighted by Crippen LogP contribution is -2.40. The third-order valence-corrected chi connectivity index (χ3v) is 8.44. The van der Waals surface area contributed by atoms with Crippen molar-refractivity contribution in [3.05, 3.63) is 24.0 Å². The Bertz CT molecular complexity index is 403. The summed E-state index contributed by atoms with van der Waals surface area (Å²) in [6, 6.07) is 0. The van der Waals surface area contributed by atoms with Gasteiger partial charge >= 0.3 is 5.97 Å². The second-order valence-electron chi connectivity index (χ2n) is 7.22. The Labute approximate surface area is 137 Å². The van der Waals surface area contributed by atoms with Gasteiger partial charge in [-0.1, -0.05) is 40.7 Å². The summed E-state index contributed by atoms with van der Waals surface area (Å²) in [6.45, 7) is 17.8. The maximum atomic E-state index is 11.3. The van der Waals surface area contributed by atoms with Crippen LogP contribution < -0.4 is 0 Å². The Hall–Kier alpha value is -1.03. The zero-order valence-corrected chi connectivity index (χ0v) is 16.7. The molecular formula is C18H34O3Si. The Morgan fingerprint density at radius 1 is 1.23 bits per heavy atom. The number of esters is 1. The van der Waals surface area contributed by atoms with Gasteiger partial charge in [-0.25, -0.2) is 4.79 Å². The van der Waals surface area contributed by atoms with E-state index in [1.54, 1.807) is 0 Å². The van der Waals surface area contributed by atoms with Crippen LogP contribution in [0.3, 0.4) is 0 Å². The molecule has 0 rings (SSSR count). The molecule has 0 saturated heterocycles. The van der Waals surface area contributed by atoms with Gasteiger partial charge in [-0.2, -0.15) is 0 Å². The highest BCUT2D eigenvalue weighted by atomic mass is 28.4. The fourth-order valence-corrected chi connectivity index (χ4v) is 2.83. The summed E-state index contributed by atoms with van der Waals surface area (Å²) in [5.41, 5.74) is 0. The first-order valence-corrected chi connectivity index (χ1v) is 11.2. The van der Waals surface area contributed by atoms with Crippen LogP contribution in [0.15, 0.2) is 24.0 Å². The van der Waals surface area contributed by atoms with E-state index in [2.05, 4.69) is 53.8 Å². The van der Waals surface area contributed by atoms with E-state index in [0.717, 1.165) is 18.6 Å². The van der Waals surface area contributed by atoms with Gasteiger partial charge in [0.15, 0.2) is 0 Å². The predicted molar refractivity (Wildman–Crippen MR) is 96.2 cm³/mol. The molecule has 0 aliphatic rings. The minimum atomic E-state index is -1.78. The maximum Gasteiger partial charge on any atom is 0.330 e. The van der Waals surface area contributed by atoms with Crippen LogP contribution in [0.2, 0.25) is 18.1 Å². The summed E-state index contributed by atoms with van der Waals surface area (Å²) < 4.78 is 11.2. The smallest absolute Gasteiger partial charge is 0.330 e. The largest absolute Gasteiger partial charge is 0.547 e. The molecule has 0 aliphatic carbocycles. The SMILES string of the molecule is CCOC(=O)/C=C/CC(C)/C=C(\CC)O[Si](C)(C)C(C)(C)C. The number of allylic oxidation sites excluding steroid dienone is 3. The zero-order valence-electron chi connectivity index (χ0n) is 15.7. The molecule has 0 saturated carbocycles. The van der Waals surface area contributed by atoms with Crippen molar-refractivity contribution in [1.29, 1.82) is 0 Å².